The number of likely N-dealkylation sites (tertiary alicyclic amines) is 1. The summed E-state index contributed by atoms with van der Waals surface area (Å²) >= 11 is 0. The maximum atomic E-state index is 12.3. The number of amides is 1. The number of rotatable bonds is 8. The Bertz CT molecular complexity index is 1000. The first-order chi connectivity index (χ1) is 15.4. The second-order valence-electron chi connectivity index (χ2n) is 8.63. The van der Waals surface area contributed by atoms with Gasteiger partial charge in [0.25, 0.3) is 6.43 Å². The van der Waals surface area contributed by atoms with Gasteiger partial charge < -0.3 is 10.1 Å². The molecule has 2 aliphatic heterocycles. The van der Waals surface area contributed by atoms with Gasteiger partial charge in [0.05, 0.1) is 31.5 Å². The Morgan fingerprint density at radius 3 is 2.97 bits per heavy atom. The molecule has 174 valence electrons. The summed E-state index contributed by atoms with van der Waals surface area (Å²) in [7, 11) is 0. The SMILES string of the molecule is Cc1nc2cc([C@@H]3CCCN3CC3=CCCOC3)nn2c(C)c1CCC(=O)NCC(F)F. The average molecular weight is 448 g/mol. The van der Waals surface area contributed by atoms with Crippen molar-refractivity contribution in [1.82, 2.24) is 24.8 Å². The van der Waals surface area contributed by atoms with Gasteiger partial charge in [0, 0.05) is 30.4 Å². The Morgan fingerprint density at radius 1 is 1.38 bits per heavy atom. The molecule has 1 N–H and O–H groups in total. The van der Waals surface area contributed by atoms with Gasteiger partial charge in [0.2, 0.25) is 5.91 Å². The number of fused-ring (bicyclic) bond motifs is 1. The molecule has 2 aliphatic rings. The van der Waals surface area contributed by atoms with Crippen LogP contribution in [0.2, 0.25) is 0 Å². The van der Waals surface area contributed by atoms with E-state index in [-0.39, 0.29) is 18.4 Å². The fourth-order valence-electron chi connectivity index (χ4n) is 4.72. The zero-order chi connectivity index (χ0) is 22.7. The Hall–Kier alpha value is -2.39. The molecule has 0 radical (unpaired) electrons. The van der Waals surface area contributed by atoms with Gasteiger partial charge in [0.15, 0.2) is 5.65 Å². The molecule has 4 rings (SSSR count). The second-order valence-corrected chi connectivity index (χ2v) is 8.63. The first-order valence-corrected chi connectivity index (χ1v) is 11.3. The normalized spacial score (nSPS) is 19.7. The molecule has 2 aromatic heterocycles. The molecule has 7 nitrogen and oxygen atoms in total. The van der Waals surface area contributed by atoms with Crippen molar-refractivity contribution < 1.29 is 18.3 Å². The van der Waals surface area contributed by atoms with Crippen LogP contribution in [0.1, 0.15) is 54.4 Å². The highest BCUT2D eigenvalue weighted by Crippen LogP contribution is 2.33. The Labute approximate surface area is 186 Å². The summed E-state index contributed by atoms with van der Waals surface area (Å²) < 4.78 is 32.1. The Kier molecular flexibility index (Phi) is 7.15. The number of aromatic nitrogens is 3. The highest BCUT2D eigenvalue weighted by atomic mass is 19.3. The highest BCUT2D eigenvalue weighted by Gasteiger charge is 2.29. The lowest BCUT2D eigenvalue weighted by Crippen LogP contribution is -2.28. The van der Waals surface area contributed by atoms with Gasteiger partial charge in [0.1, 0.15) is 0 Å². The van der Waals surface area contributed by atoms with E-state index in [0.717, 1.165) is 67.3 Å². The maximum Gasteiger partial charge on any atom is 0.255 e. The van der Waals surface area contributed by atoms with E-state index >= 15 is 0 Å². The van der Waals surface area contributed by atoms with E-state index in [1.54, 1.807) is 0 Å². The lowest BCUT2D eigenvalue weighted by molar-refractivity contribution is -0.121. The van der Waals surface area contributed by atoms with Crippen LogP contribution in [0.5, 0.6) is 0 Å². The van der Waals surface area contributed by atoms with Crippen LogP contribution in [0.3, 0.4) is 0 Å². The number of carbonyl (C=O) groups excluding carboxylic acids is 1. The molecule has 0 aromatic carbocycles. The van der Waals surface area contributed by atoms with Crippen LogP contribution >= 0.6 is 0 Å². The van der Waals surface area contributed by atoms with Gasteiger partial charge in [-0.05, 0) is 57.2 Å². The number of nitrogens with zero attached hydrogens (tertiary/aromatic N) is 4. The van der Waals surface area contributed by atoms with Crippen LogP contribution in [-0.4, -0.2) is 64.7 Å². The zero-order valence-electron chi connectivity index (χ0n) is 18.7. The fraction of sp³-hybridized carbons (Fsp3) is 0.609. The summed E-state index contributed by atoms with van der Waals surface area (Å²) in [5.74, 6) is -0.382. The van der Waals surface area contributed by atoms with Crippen LogP contribution in [0.4, 0.5) is 8.78 Å². The van der Waals surface area contributed by atoms with Crippen molar-refractivity contribution in [2.24, 2.45) is 0 Å². The third-order valence-corrected chi connectivity index (χ3v) is 6.33. The van der Waals surface area contributed by atoms with E-state index in [4.69, 9.17) is 14.8 Å². The van der Waals surface area contributed by atoms with Gasteiger partial charge in [-0.3, -0.25) is 9.69 Å². The number of halogens is 2. The third-order valence-electron chi connectivity index (χ3n) is 6.33. The first-order valence-electron chi connectivity index (χ1n) is 11.3. The molecule has 0 saturated carbocycles. The van der Waals surface area contributed by atoms with E-state index in [1.165, 1.54) is 5.57 Å². The third kappa shape index (κ3) is 5.15. The van der Waals surface area contributed by atoms with Crippen molar-refractivity contribution in [3.63, 3.8) is 0 Å². The highest BCUT2D eigenvalue weighted by molar-refractivity contribution is 5.76. The smallest absolute Gasteiger partial charge is 0.255 e. The predicted molar refractivity (Wildman–Crippen MR) is 117 cm³/mol. The van der Waals surface area contributed by atoms with Crippen LogP contribution in [0.25, 0.3) is 5.65 Å². The molecule has 0 spiro atoms. The van der Waals surface area contributed by atoms with Crippen LogP contribution in [0, 0.1) is 13.8 Å². The number of ether oxygens (including phenoxy) is 1. The number of alkyl halides is 2. The van der Waals surface area contributed by atoms with Crippen LogP contribution in [0.15, 0.2) is 17.7 Å². The minimum atomic E-state index is -2.54. The molecular formula is C23H31F2N5O2. The number of nitrogens with one attached hydrogen (secondary N) is 1. The lowest BCUT2D eigenvalue weighted by atomic mass is 10.1. The lowest BCUT2D eigenvalue weighted by Gasteiger charge is -2.25. The summed E-state index contributed by atoms with van der Waals surface area (Å²) in [5, 5.41) is 7.15. The van der Waals surface area contributed by atoms with Crippen molar-refractivity contribution in [3.8, 4) is 0 Å². The van der Waals surface area contributed by atoms with Gasteiger partial charge in [-0.15, -0.1) is 0 Å². The topological polar surface area (TPSA) is 71.8 Å². The molecule has 4 heterocycles. The molecule has 2 aromatic rings. The van der Waals surface area contributed by atoms with Crippen molar-refractivity contribution in [2.75, 3.05) is 32.8 Å². The van der Waals surface area contributed by atoms with Gasteiger partial charge in [-0.1, -0.05) is 6.08 Å². The first kappa shape index (κ1) is 22.8. The van der Waals surface area contributed by atoms with Crippen molar-refractivity contribution in [1.29, 1.82) is 0 Å². The molecule has 1 saturated heterocycles. The number of aryl methyl sites for hydroxylation is 2. The molecule has 1 fully saturated rings. The predicted octanol–water partition coefficient (Wildman–Crippen LogP) is 3.14. The zero-order valence-corrected chi connectivity index (χ0v) is 18.7. The second kappa shape index (κ2) is 10.0. The van der Waals surface area contributed by atoms with Crippen molar-refractivity contribution in [2.45, 2.75) is 58.4 Å². The molecule has 32 heavy (non-hydrogen) atoms. The molecule has 0 bridgehead atoms. The minimum Gasteiger partial charge on any atom is -0.377 e. The van der Waals surface area contributed by atoms with E-state index in [9.17, 15) is 13.6 Å². The van der Waals surface area contributed by atoms with Crippen molar-refractivity contribution in [3.05, 3.63) is 40.4 Å². The average Bonchev–Trinajstić information content (AvgIpc) is 3.39. The minimum absolute atomic E-state index is 0.142. The van der Waals surface area contributed by atoms with E-state index in [0.29, 0.717) is 13.0 Å². The monoisotopic (exact) mass is 447 g/mol. The molecular weight excluding hydrogens is 416 g/mol. The Balaban J connectivity index is 1.50. The number of hydrogen-bond acceptors (Lipinski definition) is 5. The molecule has 1 atom stereocenters. The molecule has 1 amide bonds. The van der Waals surface area contributed by atoms with Crippen LogP contribution in [-0.2, 0) is 16.0 Å². The molecule has 0 unspecified atom stereocenters. The van der Waals surface area contributed by atoms with Gasteiger partial charge >= 0.3 is 0 Å². The number of hydrogen-bond donors (Lipinski definition) is 1. The molecule has 0 aliphatic carbocycles. The summed E-state index contributed by atoms with van der Waals surface area (Å²) in [5.41, 5.74) is 5.87. The van der Waals surface area contributed by atoms with Crippen LogP contribution < -0.4 is 5.32 Å². The van der Waals surface area contributed by atoms with E-state index in [1.807, 2.05) is 18.4 Å². The van der Waals surface area contributed by atoms with Gasteiger partial charge in [-0.25, -0.2) is 18.3 Å². The largest absolute Gasteiger partial charge is 0.377 e. The summed E-state index contributed by atoms with van der Waals surface area (Å²) in [4.78, 5) is 19.1. The van der Waals surface area contributed by atoms with Gasteiger partial charge in [-0.2, -0.15) is 5.10 Å². The summed E-state index contributed by atoms with van der Waals surface area (Å²) in [6.45, 7) is 6.74. The maximum absolute atomic E-state index is 12.3. The van der Waals surface area contributed by atoms with E-state index < -0.39 is 13.0 Å². The quantitative estimate of drug-likeness (QED) is 0.630. The Morgan fingerprint density at radius 2 is 2.22 bits per heavy atom. The number of carbonyl (C=O) groups is 1. The van der Waals surface area contributed by atoms with E-state index in [2.05, 4.69) is 22.4 Å². The fourth-order valence-corrected chi connectivity index (χ4v) is 4.72. The standard InChI is InChI=1S/C23H31F2N5O2/c1-15-18(7-8-23(31)26-12-21(24)25)16(2)30-22(27-15)11-19(28-30)20-6-3-9-29(20)13-17-5-4-10-32-14-17/h5,11,20-21H,3-4,6-10,12-14H2,1-2H3,(H,26,31)/t20-/m0/s1. The van der Waals surface area contributed by atoms with Crippen molar-refractivity contribution >= 4 is 11.6 Å². The summed E-state index contributed by atoms with van der Waals surface area (Å²) in [6, 6.07) is 2.32. The molecule has 9 heteroatoms. The summed E-state index contributed by atoms with van der Waals surface area (Å²) in [6.07, 6.45) is 3.51.